The zero-order chi connectivity index (χ0) is 10.3. The van der Waals surface area contributed by atoms with Crippen LogP contribution in [-0.2, 0) is 4.79 Å². The molecule has 0 aromatic carbocycles. The van der Waals surface area contributed by atoms with E-state index in [-0.39, 0.29) is 0 Å². The number of rotatable bonds is 3. The van der Waals surface area contributed by atoms with Crippen molar-refractivity contribution < 1.29 is 4.79 Å². The summed E-state index contributed by atoms with van der Waals surface area (Å²) < 4.78 is 0. The third-order valence-electron chi connectivity index (χ3n) is 4.08. The number of nitrogens with zero attached hydrogens (tertiary/aromatic N) is 2. The fourth-order valence-electron chi connectivity index (χ4n) is 2.95. The highest BCUT2D eigenvalue weighted by Crippen LogP contribution is 2.30. The maximum atomic E-state index is 11.7. The van der Waals surface area contributed by atoms with Crippen LogP contribution >= 0.6 is 0 Å². The SMILES string of the molecule is O=C(CN1CCN2CCCC2C1)C1CC1. The van der Waals surface area contributed by atoms with Crippen molar-refractivity contribution in [3.05, 3.63) is 0 Å². The molecule has 0 aromatic heterocycles. The molecule has 1 saturated carbocycles. The van der Waals surface area contributed by atoms with Crippen molar-refractivity contribution >= 4 is 5.78 Å². The van der Waals surface area contributed by atoms with E-state index in [2.05, 4.69) is 9.80 Å². The number of hydrogen-bond donors (Lipinski definition) is 0. The van der Waals surface area contributed by atoms with Gasteiger partial charge in [-0.25, -0.2) is 0 Å². The minimum Gasteiger partial charge on any atom is -0.298 e. The van der Waals surface area contributed by atoms with Crippen LogP contribution in [0.5, 0.6) is 0 Å². The first-order chi connectivity index (χ1) is 7.33. The van der Waals surface area contributed by atoms with E-state index < -0.39 is 0 Å². The van der Waals surface area contributed by atoms with Crippen molar-refractivity contribution in [3.8, 4) is 0 Å². The van der Waals surface area contributed by atoms with Crippen molar-refractivity contribution in [1.82, 2.24) is 9.80 Å². The lowest BCUT2D eigenvalue weighted by atomic mass is 10.1. The van der Waals surface area contributed by atoms with Gasteiger partial charge in [-0.05, 0) is 32.2 Å². The van der Waals surface area contributed by atoms with Crippen LogP contribution in [0.15, 0.2) is 0 Å². The van der Waals surface area contributed by atoms with Crippen molar-refractivity contribution in [2.75, 3.05) is 32.7 Å². The number of piperazine rings is 1. The van der Waals surface area contributed by atoms with Crippen LogP contribution in [0, 0.1) is 5.92 Å². The van der Waals surface area contributed by atoms with Gasteiger partial charge < -0.3 is 0 Å². The quantitative estimate of drug-likeness (QED) is 0.683. The molecule has 2 heterocycles. The van der Waals surface area contributed by atoms with Gasteiger partial charge in [0, 0.05) is 31.6 Å². The van der Waals surface area contributed by atoms with Gasteiger partial charge in [-0.15, -0.1) is 0 Å². The predicted octanol–water partition coefficient (Wildman–Crippen LogP) is 0.745. The summed E-state index contributed by atoms with van der Waals surface area (Å²) in [5.74, 6) is 0.938. The van der Waals surface area contributed by atoms with E-state index in [1.165, 1.54) is 25.9 Å². The highest BCUT2D eigenvalue weighted by molar-refractivity contribution is 5.85. The summed E-state index contributed by atoms with van der Waals surface area (Å²) in [5, 5.41) is 0. The molecule has 3 nitrogen and oxygen atoms in total. The summed E-state index contributed by atoms with van der Waals surface area (Å²) in [6, 6.07) is 0.755. The third-order valence-corrected chi connectivity index (χ3v) is 4.08. The van der Waals surface area contributed by atoms with E-state index in [9.17, 15) is 4.79 Å². The van der Waals surface area contributed by atoms with Crippen LogP contribution in [-0.4, -0.2) is 54.3 Å². The van der Waals surface area contributed by atoms with Crippen LogP contribution in [0.25, 0.3) is 0 Å². The van der Waals surface area contributed by atoms with Crippen LogP contribution in [0.4, 0.5) is 0 Å². The van der Waals surface area contributed by atoms with Gasteiger partial charge in [-0.1, -0.05) is 0 Å². The molecule has 0 bridgehead atoms. The molecule has 1 atom stereocenters. The van der Waals surface area contributed by atoms with Gasteiger partial charge in [-0.2, -0.15) is 0 Å². The van der Waals surface area contributed by atoms with E-state index in [1.54, 1.807) is 0 Å². The monoisotopic (exact) mass is 208 g/mol. The first-order valence-corrected chi connectivity index (χ1v) is 6.32. The summed E-state index contributed by atoms with van der Waals surface area (Å²) in [6.07, 6.45) is 5.01. The number of carbonyl (C=O) groups excluding carboxylic acids is 1. The number of ketones is 1. The van der Waals surface area contributed by atoms with Gasteiger partial charge in [0.05, 0.1) is 6.54 Å². The Bertz CT molecular complexity index is 262. The second-order valence-corrected chi connectivity index (χ2v) is 5.31. The minimum absolute atomic E-state index is 0.437. The zero-order valence-electron chi connectivity index (χ0n) is 9.32. The molecule has 3 aliphatic rings. The molecule has 3 rings (SSSR count). The van der Waals surface area contributed by atoms with Crippen LogP contribution in [0.2, 0.25) is 0 Å². The average molecular weight is 208 g/mol. The van der Waals surface area contributed by atoms with Gasteiger partial charge in [0.1, 0.15) is 5.78 Å². The van der Waals surface area contributed by atoms with Crippen LogP contribution in [0.3, 0.4) is 0 Å². The van der Waals surface area contributed by atoms with Crippen molar-refractivity contribution in [1.29, 1.82) is 0 Å². The summed E-state index contributed by atoms with van der Waals surface area (Å²) in [7, 11) is 0. The molecule has 84 valence electrons. The molecule has 0 amide bonds. The first kappa shape index (κ1) is 9.79. The Labute approximate surface area is 91.4 Å². The first-order valence-electron chi connectivity index (χ1n) is 6.32. The predicted molar refractivity (Wildman–Crippen MR) is 58.8 cm³/mol. The van der Waals surface area contributed by atoms with Gasteiger partial charge in [0.2, 0.25) is 0 Å². The molecule has 0 N–H and O–H groups in total. The molecule has 0 radical (unpaired) electrons. The average Bonchev–Trinajstić information content (AvgIpc) is 2.98. The molecule has 3 fully saturated rings. The standard InChI is InChI=1S/C12H20N2O/c15-12(10-3-4-10)9-13-6-7-14-5-1-2-11(14)8-13/h10-11H,1-9H2. The molecule has 2 saturated heterocycles. The van der Waals surface area contributed by atoms with Crippen molar-refractivity contribution in [3.63, 3.8) is 0 Å². The maximum absolute atomic E-state index is 11.7. The highest BCUT2D eigenvalue weighted by atomic mass is 16.1. The van der Waals surface area contributed by atoms with Gasteiger partial charge >= 0.3 is 0 Å². The van der Waals surface area contributed by atoms with Gasteiger partial charge in [0.25, 0.3) is 0 Å². The molecular formula is C12H20N2O. The smallest absolute Gasteiger partial charge is 0.149 e. The normalized spacial score (nSPS) is 32.9. The molecule has 2 aliphatic heterocycles. The molecule has 1 aliphatic carbocycles. The lowest BCUT2D eigenvalue weighted by Gasteiger charge is -2.37. The Morgan fingerprint density at radius 3 is 2.80 bits per heavy atom. The fourth-order valence-corrected chi connectivity index (χ4v) is 2.95. The van der Waals surface area contributed by atoms with E-state index in [4.69, 9.17) is 0 Å². The Morgan fingerprint density at radius 1 is 1.13 bits per heavy atom. The largest absolute Gasteiger partial charge is 0.298 e. The number of Topliss-reactive ketones (excluding diaryl/α,β-unsaturated/α-hetero) is 1. The molecular weight excluding hydrogens is 188 g/mol. The minimum atomic E-state index is 0.437. The topological polar surface area (TPSA) is 23.6 Å². The lowest BCUT2D eigenvalue weighted by Crippen LogP contribution is -2.51. The van der Waals surface area contributed by atoms with E-state index in [1.807, 2.05) is 0 Å². The molecule has 3 heteroatoms. The summed E-state index contributed by atoms with van der Waals surface area (Å²) in [5.41, 5.74) is 0. The maximum Gasteiger partial charge on any atom is 0.149 e. The second-order valence-electron chi connectivity index (χ2n) is 5.31. The fraction of sp³-hybridized carbons (Fsp3) is 0.917. The van der Waals surface area contributed by atoms with Crippen LogP contribution in [0.1, 0.15) is 25.7 Å². The van der Waals surface area contributed by atoms with Crippen LogP contribution < -0.4 is 0 Å². The third kappa shape index (κ3) is 2.08. The summed E-state index contributed by atoms with van der Waals surface area (Å²) in [4.78, 5) is 16.7. The van der Waals surface area contributed by atoms with Gasteiger partial charge in [-0.3, -0.25) is 14.6 Å². The Hall–Kier alpha value is -0.410. The van der Waals surface area contributed by atoms with E-state index >= 15 is 0 Å². The molecule has 0 spiro atoms. The number of hydrogen-bond acceptors (Lipinski definition) is 3. The zero-order valence-corrected chi connectivity index (χ0v) is 9.32. The van der Waals surface area contributed by atoms with Gasteiger partial charge in [0.15, 0.2) is 0 Å². The highest BCUT2D eigenvalue weighted by Gasteiger charge is 2.34. The number of fused-ring (bicyclic) bond motifs is 1. The van der Waals surface area contributed by atoms with E-state index in [0.29, 0.717) is 11.7 Å². The van der Waals surface area contributed by atoms with E-state index in [0.717, 1.165) is 38.5 Å². The molecule has 1 unspecified atom stereocenters. The van der Waals surface area contributed by atoms with Crippen molar-refractivity contribution in [2.45, 2.75) is 31.7 Å². The lowest BCUT2D eigenvalue weighted by molar-refractivity contribution is -0.122. The van der Waals surface area contributed by atoms with Crippen molar-refractivity contribution in [2.24, 2.45) is 5.92 Å². The Morgan fingerprint density at radius 2 is 2.00 bits per heavy atom. The Balaban J connectivity index is 1.52. The molecule has 0 aromatic rings. The Kier molecular flexibility index (Phi) is 2.53. The summed E-state index contributed by atoms with van der Waals surface area (Å²) in [6.45, 7) is 5.44. The number of carbonyl (C=O) groups is 1. The summed E-state index contributed by atoms with van der Waals surface area (Å²) >= 11 is 0. The second kappa shape index (κ2) is 3.87. The molecule has 15 heavy (non-hydrogen) atoms.